The van der Waals surface area contributed by atoms with Gasteiger partial charge in [0, 0.05) is 35.3 Å². The van der Waals surface area contributed by atoms with Gasteiger partial charge in [-0.3, -0.25) is 19.0 Å². The molecule has 4 rings (SSSR count). The number of aromatic nitrogens is 1. The summed E-state index contributed by atoms with van der Waals surface area (Å²) in [5, 5.41) is 3.99. The summed E-state index contributed by atoms with van der Waals surface area (Å²) in [6.45, 7) is 3.55. The van der Waals surface area contributed by atoms with E-state index in [1.807, 2.05) is 13.0 Å². The normalized spacial score (nSPS) is 13.9. The predicted molar refractivity (Wildman–Crippen MR) is 120 cm³/mol. The van der Waals surface area contributed by atoms with Gasteiger partial charge in [-0.25, -0.2) is 0 Å². The lowest BCUT2D eigenvalue weighted by Gasteiger charge is -2.27. The molecule has 1 aliphatic heterocycles. The molecule has 0 spiro atoms. The lowest BCUT2D eigenvalue weighted by Crippen LogP contribution is -2.41. The van der Waals surface area contributed by atoms with Crippen LogP contribution in [0.4, 0.5) is 5.69 Å². The number of para-hydroxylation sites is 1. The number of hydrogen-bond donors (Lipinski definition) is 1. The van der Waals surface area contributed by atoms with Crippen molar-refractivity contribution in [2.24, 2.45) is 0 Å². The van der Waals surface area contributed by atoms with Crippen LogP contribution in [0.25, 0.3) is 10.9 Å². The van der Waals surface area contributed by atoms with Crippen LogP contribution in [-0.2, 0) is 16.1 Å². The Labute approximate surface area is 184 Å². The van der Waals surface area contributed by atoms with E-state index in [0.717, 1.165) is 5.56 Å². The highest BCUT2D eigenvalue weighted by Crippen LogP contribution is 2.23. The number of carbonyl (C=O) groups excluding carboxylic acids is 2. The van der Waals surface area contributed by atoms with Gasteiger partial charge in [-0.05, 0) is 30.7 Å². The molecule has 2 aromatic carbocycles. The first-order chi connectivity index (χ1) is 15.0. The summed E-state index contributed by atoms with van der Waals surface area (Å²) in [5.74, 6) is -0.562. The molecule has 0 bridgehead atoms. The monoisotopic (exact) mass is 439 g/mol. The second-order valence-electron chi connectivity index (χ2n) is 7.36. The van der Waals surface area contributed by atoms with Gasteiger partial charge in [0.1, 0.15) is 6.54 Å². The number of ether oxygens (including phenoxy) is 1. The fourth-order valence-corrected chi connectivity index (χ4v) is 3.86. The van der Waals surface area contributed by atoms with Crippen molar-refractivity contribution in [1.82, 2.24) is 9.47 Å². The topological polar surface area (TPSA) is 80.6 Å². The Bertz CT molecular complexity index is 1220. The van der Waals surface area contributed by atoms with Gasteiger partial charge in [-0.2, -0.15) is 0 Å². The Morgan fingerprint density at radius 1 is 1.10 bits per heavy atom. The number of nitrogens with one attached hydrogen (secondary N) is 1. The molecule has 2 heterocycles. The minimum absolute atomic E-state index is 0.183. The number of morpholine rings is 1. The molecule has 0 saturated carbocycles. The Morgan fingerprint density at radius 2 is 1.84 bits per heavy atom. The molecule has 1 saturated heterocycles. The summed E-state index contributed by atoms with van der Waals surface area (Å²) >= 11 is 6.12. The van der Waals surface area contributed by atoms with E-state index < -0.39 is 5.56 Å². The van der Waals surface area contributed by atoms with Crippen LogP contribution in [0.3, 0.4) is 0 Å². The van der Waals surface area contributed by atoms with Gasteiger partial charge in [0.15, 0.2) is 0 Å². The molecule has 31 heavy (non-hydrogen) atoms. The fourth-order valence-electron chi connectivity index (χ4n) is 3.69. The minimum atomic E-state index is -0.409. The van der Waals surface area contributed by atoms with Crippen LogP contribution in [0.15, 0.2) is 53.3 Å². The average molecular weight is 440 g/mol. The largest absolute Gasteiger partial charge is 0.378 e. The van der Waals surface area contributed by atoms with Crippen LogP contribution in [0.1, 0.15) is 15.9 Å². The molecule has 3 aromatic rings. The Hall–Kier alpha value is -3.16. The third kappa shape index (κ3) is 4.33. The highest BCUT2D eigenvalue weighted by Gasteiger charge is 2.22. The summed E-state index contributed by atoms with van der Waals surface area (Å²) in [5.41, 5.74) is 1.80. The Morgan fingerprint density at radius 3 is 2.61 bits per heavy atom. The second-order valence-corrected chi connectivity index (χ2v) is 7.77. The van der Waals surface area contributed by atoms with Crippen LogP contribution in [0.2, 0.25) is 5.02 Å². The van der Waals surface area contributed by atoms with E-state index >= 15 is 0 Å². The lowest BCUT2D eigenvalue weighted by molar-refractivity contribution is -0.116. The molecule has 1 aromatic heterocycles. The number of benzene rings is 2. The molecular weight excluding hydrogens is 418 g/mol. The standard InChI is InChI=1S/C23H22ClN3O4/c1-15-18(24)6-4-7-19(15)25-21(28)14-27-20-8-3-2-5-16(20)17(13-22(27)29)23(30)26-9-11-31-12-10-26/h2-8,13H,9-12,14H2,1H3,(H,25,28). The van der Waals surface area contributed by atoms with Crippen molar-refractivity contribution < 1.29 is 14.3 Å². The first-order valence-electron chi connectivity index (χ1n) is 10.0. The molecule has 0 aliphatic carbocycles. The first-order valence-corrected chi connectivity index (χ1v) is 10.4. The number of rotatable bonds is 4. The Balaban J connectivity index is 1.67. The summed E-state index contributed by atoms with van der Waals surface area (Å²) in [6.07, 6.45) is 0. The molecular formula is C23H22ClN3O4. The number of carbonyl (C=O) groups is 2. The lowest BCUT2D eigenvalue weighted by atomic mass is 10.1. The smallest absolute Gasteiger partial charge is 0.254 e. The van der Waals surface area contributed by atoms with Crippen molar-refractivity contribution in [3.05, 3.63) is 75.0 Å². The van der Waals surface area contributed by atoms with Crippen LogP contribution in [-0.4, -0.2) is 47.6 Å². The van der Waals surface area contributed by atoms with E-state index in [1.165, 1.54) is 10.6 Å². The maximum atomic E-state index is 13.0. The van der Waals surface area contributed by atoms with E-state index in [9.17, 15) is 14.4 Å². The molecule has 1 N–H and O–H groups in total. The molecule has 8 heteroatoms. The van der Waals surface area contributed by atoms with Crippen LogP contribution >= 0.6 is 11.6 Å². The van der Waals surface area contributed by atoms with E-state index in [1.54, 1.807) is 41.3 Å². The van der Waals surface area contributed by atoms with Gasteiger partial charge in [-0.1, -0.05) is 35.9 Å². The third-order valence-corrected chi connectivity index (χ3v) is 5.80. The average Bonchev–Trinajstić information content (AvgIpc) is 2.79. The van der Waals surface area contributed by atoms with Gasteiger partial charge in [0.2, 0.25) is 5.91 Å². The van der Waals surface area contributed by atoms with Crippen LogP contribution in [0.5, 0.6) is 0 Å². The van der Waals surface area contributed by atoms with Crippen molar-refractivity contribution in [1.29, 1.82) is 0 Å². The zero-order valence-electron chi connectivity index (χ0n) is 17.1. The second kappa shape index (κ2) is 8.91. The van der Waals surface area contributed by atoms with Crippen molar-refractivity contribution in [3.63, 3.8) is 0 Å². The Kier molecular flexibility index (Phi) is 6.06. The predicted octanol–water partition coefficient (Wildman–Crippen LogP) is 3.07. The van der Waals surface area contributed by atoms with Gasteiger partial charge in [-0.15, -0.1) is 0 Å². The SMILES string of the molecule is Cc1c(Cl)cccc1NC(=O)Cn1c(=O)cc(C(=O)N2CCOCC2)c2ccccc21. The molecule has 0 radical (unpaired) electrons. The van der Waals surface area contributed by atoms with Crippen molar-refractivity contribution in [3.8, 4) is 0 Å². The van der Waals surface area contributed by atoms with E-state index in [4.69, 9.17) is 16.3 Å². The minimum Gasteiger partial charge on any atom is -0.378 e. The maximum absolute atomic E-state index is 13.0. The number of halogens is 1. The number of amides is 2. The molecule has 1 fully saturated rings. The van der Waals surface area contributed by atoms with Crippen LogP contribution in [0, 0.1) is 6.92 Å². The number of hydrogen-bond acceptors (Lipinski definition) is 4. The van der Waals surface area contributed by atoms with Gasteiger partial charge < -0.3 is 15.0 Å². The molecule has 7 nitrogen and oxygen atoms in total. The van der Waals surface area contributed by atoms with E-state index in [-0.39, 0.29) is 18.4 Å². The highest BCUT2D eigenvalue weighted by molar-refractivity contribution is 6.31. The zero-order valence-corrected chi connectivity index (χ0v) is 17.8. The summed E-state index contributed by atoms with van der Waals surface area (Å²) < 4.78 is 6.69. The quantitative estimate of drug-likeness (QED) is 0.677. The van der Waals surface area contributed by atoms with E-state index in [2.05, 4.69) is 5.32 Å². The highest BCUT2D eigenvalue weighted by atomic mass is 35.5. The third-order valence-electron chi connectivity index (χ3n) is 5.39. The molecule has 160 valence electrons. The summed E-state index contributed by atoms with van der Waals surface area (Å²) in [4.78, 5) is 40.3. The van der Waals surface area contributed by atoms with Gasteiger partial charge in [0.25, 0.3) is 11.5 Å². The van der Waals surface area contributed by atoms with Crippen molar-refractivity contribution in [2.75, 3.05) is 31.6 Å². The maximum Gasteiger partial charge on any atom is 0.254 e. The zero-order chi connectivity index (χ0) is 22.0. The van der Waals surface area contributed by atoms with Crippen LogP contribution < -0.4 is 10.9 Å². The van der Waals surface area contributed by atoms with Gasteiger partial charge in [0.05, 0.1) is 24.3 Å². The number of fused-ring (bicyclic) bond motifs is 1. The molecule has 1 aliphatic rings. The number of nitrogens with zero attached hydrogens (tertiary/aromatic N) is 2. The first kappa shape index (κ1) is 21.1. The number of anilines is 1. The summed E-state index contributed by atoms with van der Waals surface area (Å²) in [7, 11) is 0. The fraction of sp³-hybridized carbons (Fsp3) is 0.261. The molecule has 0 unspecified atom stereocenters. The van der Waals surface area contributed by atoms with E-state index in [0.29, 0.717) is 53.5 Å². The summed E-state index contributed by atoms with van der Waals surface area (Å²) in [6, 6.07) is 13.7. The van der Waals surface area contributed by atoms with Gasteiger partial charge >= 0.3 is 0 Å². The van der Waals surface area contributed by atoms with Crippen molar-refractivity contribution >= 4 is 40.0 Å². The number of pyridine rings is 1. The molecule has 2 amide bonds. The molecule has 0 atom stereocenters. The van der Waals surface area contributed by atoms with Crippen molar-refractivity contribution in [2.45, 2.75) is 13.5 Å².